The quantitative estimate of drug-likeness (QED) is 0.217. The Balaban J connectivity index is 1.62. The van der Waals surface area contributed by atoms with Crippen molar-refractivity contribution in [3.05, 3.63) is 70.8 Å². The molecule has 0 saturated heterocycles. The van der Waals surface area contributed by atoms with Gasteiger partial charge in [-0.15, -0.1) is 0 Å². The summed E-state index contributed by atoms with van der Waals surface area (Å²) in [4.78, 5) is 0. The van der Waals surface area contributed by atoms with Crippen molar-refractivity contribution in [3.8, 4) is 0 Å². The second-order valence-electron chi connectivity index (χ2n) is 8.77. The van der Waals surface area contributed by atoms with Crippen LogP contribution in [0.25, 0.3) is 0 Å². The van der Waals surface area contributed by atoms with Gasteiger partial charge in [-0.25, -0.2) is 0 Å². The normalized spacial score (nSPS) is 11.9. The number of hydrogen-bond donors (Lipinski definition) is 1. The van der Waals surface area contributed by atoms with E-state index in [-0.39, 0.29) is 6.54 Å². The van der Waals surface area contributed by atoms with Crippen LogP contribution in [0.2, 0.25) is 0 Å². The van der Waals surface area contributed by atoms with Crippen LogP contribution in [0, 0.1) is 0 Å². The van der Waals surface area contributed by atoms with E-state index >= 15 is 0 Å². The third kappa shape index (κ3) is 10.6. The van der Waals surface area contributed by atoms with Crippen molar-refractivity contribution in [1.82, 2.24) is 5.06 Å². The zero-order chi connectivity index (χ0) is 23.2. The Morgan fingerprint density at radius 1 is 0.625 bits per heavy atom. The average molecular weight is 450 g/mol. The zero-order valence-electron chi connectivity index (χ0n) is 19.3. The Morgan fingerprint density at radius 3 is 1.50 bits per heavy atom. The number of nitrogens with zero attached hydrogens (tertiary/aromatic N) is 1. The molecular weight excluding hydrogens is 411 g/mol. The molecule has 0 aromatic heterocycles. The number of aryl methyl sites for hydroxylation is 1. The number of benzene rings is 2. The summed E-state index contributed by atoms with van der Waals surface area (Å²) in [5.41, 5.74) is 2.24. The second kappa shape index (κ2) is 14.3. The van der Waals surface area contributed by atoms with Crippen LogP contribution in [0.5, 0.6) is 0 Å². The molecule has 178 valence electrons. The lowest BCUT2D eigenvalue weighted by Crippen LogP contribution is -2.18. The van der Waals surface area contributed by atoms with Crippen LogP contribution in [-0.2, 0) is 25.7 Å². The van der Waals surface area contributed by atoms with E-state index in [2.05, 4.69) is 19.1 Å². The standard InChI is InChI=1S/C27H38F3NO/c1-2-3-4-5-6-7-8-9-10-11-12-23-13-15-24(16-14-23)21-31(32)22-25-17-19-26(20-18-25)27(28,29)30/h13-20,32H,2-12,21-22H2,1H3. The second-order valence-corrected chi connectivity index (χ2v) is 8.77. The summed E-state index contributed by atoms with van der Waals surface area (Å²) < 4.78 is 37.9. The maximum Gasteiger partial charge on any atom is 0.416 e. The molecule has 0 aliphatic carbocycles. The van der Waals surface area contributed by atoms with Crippen molar-refractivity contribution in [2.24, 2.45) is 0 Å². The summed E-state index contributed by atoms with van der Waals surface area (Å²) in [7, 11) is 0. The van der Waals surface area contributed by atoms with Crippen molar-refractivity contribution in [1.29, 1.82) is 0 Å². The van der Waals surface area contributed by atoms with E-state index in [1.165, 1.54) is 81.9 Å². The minimum absolute atomic E-state index is 0.179. The lowest BCUT2D eigenvalue weighted by atomic mass is 10.0. The molecule has 0 saturated carbocycles. The fraction of sp³-hybridized carbons (Fsp3) is 0.556. The molecule has 0 aliphatic heterocycles. The topological polar surface area (TPSA) is 23.5 Å². The summed E-state index contributed by atoms with van der Waals surface area (Å²) in [6, 6.07) is 13.1. The van der Waals surface area contributed by atoms with Gasteiger partial charge in [0.1, 0.15) is 0 Å². The highest BCUT2D eigenvalue weighted by atomic mass is 19.4. The summed E-state index contributed by atoms with van der Waals surface area (Å²) in [6.07, 6.45) is 10.1. The van der Waals surface area contributed by atoms with Gasteiger partial charge in [-0.2, -0.15) is 18.2 Å². The minimum atomic E-state index is -4.34. The highest BCUT2D eigenvalue weighted by Crippen LogP contribution is 2.29. The molecular formula is C27H38F3NO. The average Bonchev–Trinajstić information content (AvgIpc) is 2.76. The van der Waals surface area contributed by atoms with E-state index in [1.54, 1.807) is 0 Å². The summed E-state index contributed by atoms with van der Waals surface area (Å²) in [6.45, 7) is 2.76. The van der Waals surface area contributed by atoms with Crippen LogP contribution in [0.1, 0.15) is 93.4 Å². The molecule has 0 spiro atoms. The largest absolute Gasteiger partial charge is 0.416 e. The smallest absolute Gasteiger partial charge is 0.313 e. The Hall–Kier alpha value is -1.85. The van der Waals surface area contributed by atoms with E-state index in [0.29, 0.717) is 12.1 Å². The van der Waals surface area contributed by atoms with E-state index in [1.807, 2.05) is 12.1 Å². The Labute approximate surface area is 191 Å². The van der Waals surface area contributed by atoms with E-state index < -0.39 is 11.7 Å². The number of hydroxylamine groups is 2. The van der Waals surface area contributed by atoms with Crippen LogP contribution < -0.4 is 0 Å². The molecule has 2 aromatic carbocycles. The van der Waals surface area contributed by atoms with Crippen LogP contribution in [0.3, 0.4) is 0 Å². The lowest BCUT2D eigenvalue weighted by Gasteiger charge is -2.16. The summed E-state index contributed by atoms with van der Waals surface area (Å²) in [5.74, 6) is 0. The predicted molar refractivity (Wildman–Crippen MR) is 124 cm³/mol. The molecule has 0 unspecified atom stereocenters. The number of hydrogen-bond acceptors (Lipinski definition) is 2. The van der Waals surface area contributed by atoms with Crippen LogP contribution >= 0.6 is 0 Å². The van der Waals surface area contributed by atoms with Crippen molar-refractivity contribution >= 4 is 0 Å². The van der Waals surface area contributed by atoms with E-state index in [0.717, 1.165) is 29.2 Å². The third-order valence-corrected chi connectivity index (χ3v) is 5.85. The molecule has 5 heteroatoms. The Morgan fingerprint density at radius 2 is 1.03 bits per heavy atom. The summed E-state index contributed by atoms with van der Waals surface area (Å²) >= 11 is 0. The van der Waals surface area contributed by atoms with Gasteiger partial charge in [0.15, 0.2) is 0 Å². The number of rotatable bonds is 15. The SMILES string of the molecule is CCCCCCCCCCCCc1ccc(CN(O)Cc2ccc(C(F)(F)F)cc2)cc1. The van der Waals surface area contributed by atoms with Gasteiger partial charge in [0, 0.05) is 13.1 Å². The van der Waals surface area contributed by atoms with Gasteiger partial charge >= 0.3 is 6.18 Å². The molecule has 2 rings (SSSR count). The van der Waals surface area contributed by atoms with Crippen LogP contribution in [0.4, 0.5) is 13.2 Å². The number of alkyl halides is 3. The molecule has 0 heterocycles. The fourth-order valence-electron chi connectivity index (χ4n) is 3.90. The molecule has 32 heavy (non-hydrogen) atoms. The molecule has 0 aliphatic rings. The Kier molecular flexibility index (Phi) is 11.8. The maximum atomic E-state index is 12.6. The van der Waals surface area contributed by atoms with Gasteiger partial charge < -0.3 is 5.21 Å². The molecule has 2 aromatic rings. The van der Waals surface area contributed by atoms with Gasteiger partial charge in [-0.3, -0.25) is 0 Å². The molecule has 0 amide bonds. The van der Waals surface area contributed by atoms with Crippen molar-refractivity contribution in [2.45, 2.75) is 96.8 Å². The van der Waals surface area contributed by atoms with Crippen LogP contribution in [-0.4, -0.2) is 10.3 Å². The number of halogens is 3. The highest BCUT2D eigenvalue weighted by molar-refractivity contribution is 5.25. The van der Waals surface area contributed by atoms with Gasteiger partial charge in [0.05, 0.1) is 5.56 Å². The molecule has 2 nitrogen and oxygen atoms in total. The molecule has 0 radical (unpaired) electrons. The van der Waals surface area contributed by atoms with Crippen molar-refractivity contribution < 1.29 is 18.4 Å². The minimum Gasteiger partial charge on any atom is -0.313 e. The van der Waals surface area contributed by atoms with Crippen LogP contribution in [0.15, 0.2) is 48.5 Å². The fourth-order valence-corrected chi connectivity index (χ4v) is 3.90. The predicted octanol–water partition coefficient (Wildman–Crippen LogP) is 8.56. The van der Waals surface area contributed by atoms with E-state index in [9.17, 15) is 18.4 Å². The van der Waals surface area contributed by atoms with Gasteiger partial charge in [0.2, 0.25) is 0 Å². The van der Waals surface area contributed by atoms with Gasteiger partial charge in [-0.1, -0.05) is 101 Å². The molecule has 1 N–H and O–H groups in total. The molecule has 0 fully saturated rings. The zero-order valence-corrected chi connectivity index (χ0v) is 19.3. The first-order chi connectivity index (χ1) is 15.4. The molecule has 0 atom stereocenters. The first-order valence-electron chi connectivity index (χ1n) is 12.1. The Bertz CT molecular complexity index is 741. The lowest BCUT2D eigenvalue weighted by molar-refractivity contribution is -0.137. The third-order valence-electron chi connectivity index (χ3n) is 5.85. The highest BCUT2D eigenvalue weighted by Gasteiger charge is 2.29. The number of unbranched alkanes of at least 4 members (excludes halogenated alkanes) is 9. The monoisotopic (exact) mass is 449 g/mol. The van der Waals surface area contributed by atoms with Crippen molar-refractivity contribution in [3.63, 3.8) is 0 Å². The maximum absolute atomic E-state index is 12.6. The first kappa shape index (κ1) is 26.4. The molecule has 0 bridgehead atoms. The van der Waals surface area contributed by atoms with E-state index in [4.69, 9.17) is 0 Å². The summed E-state index contributed by atoms with van der Waals surface area (Å²) in [5, 5.41) is 11.3. The van der Waals surface area contributed by atoms with Crippen molar-refractivity contribution in [2.75, 3.05) is 0 Å². The van der Waals surface area contributed by atoms with Gasteiger partial charge in [-0.05, 0) is 41.7 Å². The van der Waals surface area contributed by atoms with Gasteiger partial charge in [0.25, 0.3) is 0 Å². The first-order valence-corrected chi connectivity index (χ1v) is 12.1.